The van der Waals surface area contributed by atoms with Crippen LogP contribution >= 0.6 is 11.6 Å². The van der Waals surface area contributed by atoms with Crippen molar-refractivity contribution in [1.82, 2.24) is 5.01 Å². The van der Waals surface area contributed by atoms with Crippen LogP contribution in [0.15, 0.2) is 29.4 Å². The Morgan fingerprint density at radius 2 is 2.17 bits per heavy atom. The van der Waals surface area contributed by atoms with Crippen LogP contribution < -0.4 is 0 Å². The lowest BCUT2D eigenvalue weighted by atomic mass is 10.0. The Kier molecular flexibility index (Phi) is 5.01. The van der Waals surface area contributed by atoms with Crippen molar-refractivity contribution >= 4 is 23.2 Å². The number of amides is 1. The van der Waals surface area contributed by atoms with Crippen molar-refractivity contribution in [3.8, 4) is 0 Å². The van der Waals surface area contributed by atoms with Crippen LogP contribution in [0.5, 0.6) is 0 Å². The first-order valence-electron chi connectivity index (χ1n) is 7.14. The topological polar surface area (TPSA) is 52.9 Å². The van der Waals surface area contributed by atoms with Crippen molar-refractivity contribution in [2.24, 2.45) is 5.10 Å². The highest BCUT2D eigenvalue weighted by Crippen LogP contribution is 2.41. The molecule has 1 N–H and O–H groups in total. The Morgan fingerprint density at radius 3 is 2.74 bits per heavy atom. The van der Waals surface area contributed by atoms with E-state index in [1.165, 1.54) is 24.3 Å². The molecule has 1 aromatic rings. The quantitative estimate of drug-likeness (QED) is 0.894. The third kappa shape index (κ3) is 3.50. The maximum absolute atomic E-state index is 13.3. The maximum atomic E-state index is 13.3. The summed E-state index contributed by atoms with van der Waals surface area (Å²) in [6, 6.07) is 5.50. The number of hydrazone groups is 1. The largest absolute Gasteiger partial charge is 0.438 e. The SMILES string of the molecule is CCCCC1=NN(C(=O)c2cccc(Cl)c2)[C@](O)(C(F)(F)F)C1. The van der Waals surface area contributed by atoms with E-state index in [2.05, 4.69) is 5.10 Å². The molecule has 2 rings (SSSR count). The predicted octanol–water partition coefficient (Wildman–Crippen LogP) is 3.98. The first kappa shape index (κ1) is 17.7. The maximum Gasteiger partial charge on any atom is 0.438 e. The van der Waals surface area contributed by atoms with Crippen LogP contribution in [0.1, 0.15) is 43.0 Å². The van der Waals surface area contributed by atoms with Crippen molar-refractivity contribution in [3.05, 3.63) is 34.9 Å². The number of nitrogens with zero attached hydrogens (tertiary/aromatic N) is 2. The highest BCUT2D eigenvalue weighted by atomic mass is 35.5. The zero-order valence-electron chi connectivity index (χ0n) is 12.4. The molecule has 0 aromatic heterocycles. The number of benzene rings is 1. The van der Waals surface area contributed by atoms with E-state index in [1.54, 1.807) is 0 Å². The number of carbonyl (C=O) groups is 1. The van der Waals surface area contributed by atoms with Crippen LogP contribution in [0.3, 0.4) is 0 Å². The van der Waals surface area contributed by atoms with Crippen molar-refractivity contribution in [2.45, 2.75) is 44.5 Å². The third-order valence-corrected chi connectivity index (χ3v) is 3.81. The van der Waals surface area contributed by atoms with Gasteiger partial charge in [0.2, 0.25) is 0 Å². The molecular formula is C15H16ClF3N2O2. The number of rotatable bonds is 4. The number of hydrogen-bond donors (Lipinski definition) is 1. The Hall–Kier alpha value is -1.60. The lowest BCUT2D eigenvalue weighted by molar-refractivity contribution is -0.297. The molecule has 8 heteroatoms. The van der Waals surface area contributed by atoms with Gasteiger partial charge in [-0.1, -0.05) is 31.0 Å². The molecule has 0 fully saturated rings. The lowest BCUT2D eigenvalue weighted by Crippen LogP contribution is -2.56. The van der Waals surface area contributed by atoms with Crippen molar-refractivity contribution in [1.29, 1.82) is 0 Å². The molecule has 1 amide bonds. The van der Waals surface area contributed by atoms with Crippen molar-refractivity contribution < 1.29 is 23.1 Å². The summed E-state index contributed by atoms with van der Waals surface area (Å²) in [5, 5.41) is 14.2. The molecule has 1 aromatic carbocycles. The van der Waals surface area contributed by atoms with Crippen LogP contribution in [0.2, 0.25) is 5.02 Å². The summed E-state index contributed by atoms with van der Waals surface area (Å²) >= 11 is 5.76. The first-order valence-corrected chi connectivity index (χ1v) is 7.52. The summed E-state index contributed by atoms with van der Waals surface area (Å²) in [5.74, 6) is -1.04. The Labute approximate surface area is 136 Å². The molecule has 1 heterocycles. The number of aliphatic hydroxyl groups is 1. The Morgan fingerprint density at radius 1 is 1.48 bits per heavy atom. The van der Waals surface area contributed by atoms with Gasteiger partial charge in [-0.15, -0.1) is 0 Å². The monoisotopic (exact) mass is 348 g/mol. The van der Waals surface area contributed by atoms with Crippen LogP contribution in [0.4, 0.5) is 13.2 Å². The van der Waals surface area contributed by atoms with Gasteiger partial charge in [0.05, 0.1) is 0 Å². The number of hydrogen-bond acceptors (Lipinski definition) is 3. The van der Waals surface area contributed by atoms with Gasteiger partial charge in [-0.3, -0.25) is 4.79 Å². The van der Waals surface area contributed by atoms with Gasteiger partial charge in [0.15, 0.2) is 0 Å². The molecule has 0 bridgehead atoms. The summed E-state index contributed by atoms with van der Waals surface area (Å²) in [7, 11) is 0. The van der Waals surface area contributed by atoms with E-state index in [-0.39, 0.29) is 21.3 Å². The summed E-state index contributed by atoms with van der Waals surface area (Å²) in [4.78, 5) is 12.4. The van der Waals surface area contributed by atoms with Crippen LogP contribution in [-0.4, -0.2) is 33.6 Å². The second-order valence-corrected chi connectivity index (χ2v) is 5.82. The molecule has 0 saturated heterocycles. The standard InChI is InChI=1S/C15H16ClF3N2O2/c1-2-3-7-12-9-14(23,15(17,18)19)21(20-12)13(22)10-5-4-6-11(16)8-10/h4-6,8,23H,2-3,7,9H2,1H3/t14-/m1/s1. The summed E-state index contributed by atoms with van der Waals surface area (Å²) in [6.45, 7) is 1.89. The highest BCUT2D eigenvalue weighted by molar-refractivity contribution is 6.31. The second kappa shape index (κ2) is 6.49. The molecule has 0 aliphatic carbocycles. The van der Waals surface area contributed by atoms with Crippen LogP contribution in [0.25, 0.3) is 0 Å². The zero-order chi connectivity index (χ0) is 17.3. The first-order chi connectivity index (χ1) is 10.7. The van der Waals surface area contributed by atoms with Gasteiger partial charge in [0, 0.05) is 22.7 Å². The Bertz CT molecular complexity index is 633. The van der Waals surface area contributed by atoms with Gasteiger partial charge in [-0.25, -0.2) is 0 Å². The number of halogens is 4. The van der Waals surface area contributed by atoms with Gasteiger partial charge < -0.3 is 5.11 Å². The smallest absolute Gasteiger partial charge is 0.362 e. The van der Waals surface area contributed by atoms with Crippen LogP contribution in [0, 0.1) is 0 Å². The molecule has 0 saturated carbocycles. The molecular weight excluding hydrogens is 333 g/mol. The van der Waals surface area contributed by atoms with Gasteiger partial charge >= 0.3 is 6.18 Å². The molecule has 1 aliphatic rings. The zero-order valence-corrected chi connectivity index (χ0v) is 13.2. The molecule has 0 unspecified atom stereocenters. The summed E-state index contributed by atoms with van der Waals surface area (Å²) < 4.78 is 39.9. The summed E-state index contributed by atoms with van der Waals surface area (Å²) in [5.41, 5.74) is -3.24. The molecule has 1 aliphatic heterocycles. The van der Waals surface area contributed by atoms with Gasteiger partial charge in [-0.2, -0.15) is 23.3 Å². The third-order valence-electron chi connectivity index (χ3n) is 3.58. The van der Waals surface area contributed by atoms with E-state index in [0.717, 1.165) is 6.42 Å². The van der Waals surface area contributed by atoms with E-state index in [4.69, 9.17) is 11.6 Å². The number of carbonyl (C=O) groups excluding carboxylic acids is 1. The normalized spacial score (nSPS) is 21.5. The van der Waals surface area contributed by atoms with Gasteiger partial charge in [0.1, 0.15) is 0 Å². The fraction of sp³-hybridized carbons (Fsp3) is 0.467. The fourth-order valence-electron chi connectivity index (χ4n) is 2.32. The van der Waals surface area contributed by atoms with Gasteiger partial charge in [-0.05, 0) is 31.0 Å². The molecule has 0 radical (unpaired) electrons. The molecule has 126 valence electrons. The highest BCUT2D eigenvalue weighted by Gasteiger charge is 2.63. The average molecular weight is 349 g/mol. The second-order valence-electron chi connectivity index (χ2n) is 5.39. The van der Waals surface area contributed by atoms with E-state index in [0.29, 0.717) is 12.8 Å². The molecule has 1 atom stereocenters. The minimum atomic E-state index is -5.02. The van der Waals surface area contributed by atoms with Gasteiger partial charge in [0.25, 0.3) is 11.6 Å². The average Bonchev–Trinajstić information content (AvgIpc) is 2.82. The molecule has 4 nitrogen and oxygen atoms in total. The predicted molar refractivity (Wildman–Crippen MR) is 80.2 cm³/mol. The fourth-order valence-corrected chi connectivity index (χ4v) is 2.51. The van der Waals surface area contributed by atoms with E-state index < -0.39 is 24.2 Å². The van der Waals surface area contributed by atoms with Crippen molar-refractivity contribution in [2.75, 3.05) is 0 Å². The molecule has 0 spiro atoms. The minimum Gasteiger partial charge on any atom is -0.362 e. The number of unbranched alkanes of at least 4 members (excludes halogenated alkanes) is 1. The van der Waals surface area contributed by atoms with Crippen LogP contribution in [-0.2, 0) is 0 Å². The molecule has 23 heavy (non-hydrogen) atoms. The number of alkyl halides is 3. The minimum absolute atomic E-state index is 0.0688. The summed E-state index contributed by atoms with van der Waals surface area (Å²) in [6.07, 6.45) is -4.05. The van der Waals surface area contributed by atoms with E-state index >= 15 is 0 Å². The Balaban J connectivity index is 2.37. The lowest BCUT2D eigenvalue weighted by Gasteiger charge is -2.32. The van der Waals surface area contributed by atoms with E-state index in [1.807, 2.05) is 6.92 Å². The van der Waals surface area contributed by atoms with E-state index in [9.17, 15) is 23.1 Å². The van der Waals surface area contributed by atoms with Crippen molar-refractivity contribution in [3.63, 3.8) is 0 Å².